The molecule has 0 amide bonds. The number of nitrogens with two attached hydrogens (primary N) is 1. The molecular weight excluding hydrogens is 250 g/mol. The molecule has 0 radical (unpaired) electrons. The van der Waals surface area contributed by atoms with Gasteiger partial charge in [-0.3, -0.25) is 4.90 Å². The topological polar surface area (TPSA) is 38.5 Å². The van der Waals surface area contributed by atoms with Crippen LogP contribution in [0.15, 0.2) is 18.2 Å². The van der Waals surface area contributed by atoms with Crippen LogP contribution in [0.25, 0.3) is 0 Å². The first kappa shape index (κ1) is 14.4. The van der Waals surface area contributed by atoms with Gasteiger partial charge in [-0.15, -0.1) is 0 Å². The summed E-state index contributed by atoms with van der Waals surface area (Å²) < 4.78 is 32.5. The summed E-state index contributed by atoms with van der Waals surface area (Å²) in [5.74, 6) is -1.62. The van der Waals surface area contributed by atoms with Crippen LogP contribution in [-0.2, 0) is 4.74 Å². The van der Waals surface area contributed by atoms with Crippen molar-refractivity contribution in [3.05, 3.63) is 35.4 Å². The average molecular weight is 270 g/mol. The van der Waals surface area contributed by atoms with Crippen LogP contribution >= 0.6 is 0 Å². The van der Waals surface area contributed by atoms with Gasteiger partial charge in [-0.05, 0) is 26.0 Å². The minimum atomic E-state index is -0.823. The molecule has 1 unspecified atom stereocenters. The van der Waals surface area contributed by atoms with Crippen molar-refractivity contribution in [2.45, 2.75) is 24.9 Å². The van der Waals surface area contributed by atoms with Crippen molar-refractivity contribution in [1.82, 2.24) is 4.90 Å². The Hall–Kier alpha value is -1.04. The van der Waals surface area contributed by atoms with Gasteiger partial charge in [0.2, 0.25) is 0 Å². The van der Waals surface area contributed by atoms with Crippen molar-refractivity contribution in [3.63, 3.8) is 0 Å². The maximum atomic E-state index is 13.9. The summed E-state index contributed by atoms with van der Waals surface area (Å²) in [4.78, 5) is 2.04. The fraction of sp³-hybridized carbons (Fsp3) is 0.571. The third-order valence-corrected chi connectivity index (χ3v) is 3.82. The molecule has 2 N–H and O–H groups in total. The second-order valence-electron chi connectivity index (χ2n) is 4.90. The van der Waals surface area contributed by atoms with Gasteiger partial charge >= 0.3 is 0 Å². The standard InChI is InChI=1S/C14H20F2N2O/c1-18(10-5-7-19-8-6-10)13(9-17)11-3-2-4-12(15)14(11)16/h2-4,10,13H,5-9,17H2,1H3. The normalized spacial score (nSPS) is 18.8. The van der Waals surface area contributed by atoms with Crippen LogP contribution in [0.5, 0.6) is 0 Å². The fourth-order valence-electron chi connectivity index (χ4n) is 2.64. The highest BCUT2D eigenvalue weighted by Crippen LogP contribution is 2.27. The Morgan fingerprint density at radius 3 is 2.68 bits per heavy atom. The predicted molar refractivity (Wildman–Crippen MR) is 69.8 cm³/mol. The highest BCUT2D eigenvalue weighted by Gasteiger charge is 2.27. The lowest BCUT2D eigenvalue weighted by Crippen LogP contribution is -2.42. The van der Waals surface area contributed by atoms with E-state index in [1.165, 1.54) is 6.07 Å². The van der Waals surface area contributed by atoms with E-state index >= 15 is 0 Å². The molecule has 5 heteroatoms. The van der Waals surface area contributed by atoms with Gasteiger partial charge in [-0.2, -0.15) is 0 Å². The third-order valence-electron chi connectivity index (χ3n) is 3.82. The lowest BCUT2D eigenvalue weighted by atomic mass is 10.00. The van der Waals surface area contributed by atoms with E-state index in [1.807, 2.05) is 11.9 Å². The SMILES string of the molecule is CN(C1CCOCC1)C(CN)c1cccc(F)c1F. The van der Waals surface area contributed by atoms with Crippen LogP contribution in [0, 0.1) is 11.6 Å². The second-order valence-corrected chi connectivity index (χ2v) is 4.90. The van der Waals surface area contributed by atoms with E-state index in [9.17, 15) is 8.78 Å². The quantitative estimate of drug-likeness (QED) is 0.910. The number of benzene rings is 1. The van der Waals surface area contributed by atoms with E-state index in [0.29, 0.717) is 24.8 Å². The van der Waals surface area contributed by atoms with E-state index < -0.39 is 11.6 Å². The Labute approximate surface area is 112 Å². The van der Waals surface area contributed by atoms with Crippen molar-refractivity contribution in [2.24, 2.45) is 5.73 Å². The smallest absolute Gasteiger partial charge is 0.163 e. The van der Waals surface area contributed by atoms with Gasteiger partial charge in [0.15, 0.2) is 11.6 Å². The molecule has 106 valence electrons. The number of hydrogen-bond donors (Lipinski definition) is 1. The largest absolute Gasteiger partial charge is 0.381 e. The Bertz CT molecular complexity index is 422. The summed E-state index contributed by atoms with van der Waals surface area (Å²) in [5, 5.41) is 0. The van der Waals surface area contributed by atoms with Gasteiger partial charge in [-0.25, -0.2) is 8.78 Å². The summed E-state index contributed by atoms with van der Waals surface area (Å²) in [6, 6.07) is 4.24. The van der Waals surface area contributed by atoms with Gasteiger partial charge < -0.3 is 10.5 Å². The first-order valence-corrected chi connectivity index (χ1v) is 6.58. The maximum absolute atomic E-state index is 13.9. The van der Waals surface area contributed by atoms with Gasteiger partial charge in [0.05, 0.1) is 0 Å². The van der Waals surface area contributed by atoms with Crippen molar-refractivity contribution < 1.29 is 13.5 Å². The number of rotatable bonds is 4. The zero-order valence-corrected chi connectivity index (χ0v) is 11.1. The maximum Gasteiger partial charge on any atom is 0.163 e. The zero-order valence-electron chi connectivity index (χ0n) is 11.1. The summed E-state index contributed by atoms with van der Waals surface area (Å²) in [6.45, 7) is 1.67. The zero-order chi connectivity index (χ0) is 13.8. The minimum Gasteiger partial charge on any atom is -0.381 e. The molecule has 2 rings (SSSR count). The molecule has 3 nitrogen and oxygen atoms in total. The fourth-order valence-corrected chi connectivity index (χ4v) is 2.64. The molecule has 1 aromatic rings. The van der Waals surface area contributed by atoms with E-state index in [-0.39, 0.29) is 12.6 Å². The molecule has 1 fully saturated rings. The molecule has 0 saturated carbocycles. The van der Waals surface area contributed by atoms with Crippen LogP contribution in [-0.4, -0.2) is 37.7 Å². The van der Waals surface area contributed by atoms with Crippen LogP contribution in [0.4, 0.5) is 8.78 Å². The molecule has 1 atom stereocenters. The van der Waals surface area contributed by atoms with Crippen molar-refractivity contribution in [1.29, 1.82) is 0 Å². The molecule has 1 heterocycles. The van der Waals surface area contributed by atoms with E-state index in [0.717, 1.165) is 18.9 Å². The first-order chi connectivity index (χ1) is 9.15. The highest BCUT2D eigenvalue weighted by molar-refractivity contribution is 5.23. The monoisotopic (exact) mass is 270 g/mol. The Balaban J connectivity index is 2.20. The van der Waals surface area contributed by atoms with Crippen LogP contribution in [0.2, 0.25) is 0 Å². The van der Waals surface area contributed by atoms with Crippen LogP contribution < -0.4 is 5.73 Å². The van der Waals surface area contributed by atoms with Gasteiger partial charge in [0, 0.05) is 37.4 Å². The molecule has 0 bridgehead atoms. The number of halogens is 2. The second kappa shape index (κ2) is 6.41. The van der Waals surface area contributed by atoms with E-state index in [1.54, 1.807) is 6.07 Å². The summed E-state index contributed by atoms with van der Waals surface area (Å²) in [6.07, 6.45) is 1.79. The Kier molecular flexibility index (Phi) is 4.85. The molecule has 1 aromatic carbocycles. The molecular formula is C14H20F2N2O. The molecule has 0 spiro atoms. The van der Waals surface area contributed by atoms with Gasteiger partial charge in [0.1, 0.15) is 0 Å². The van der Waals surface area contributed by atoms with Crippen molar-refractivity contribution in [2.75, 3.05) is 26.8 Å². The van der Waals surface area contributed by atoms with Crippen molar-refractivity contribution >= 4 is 0 Å². The summed E-state index contributed by atoms with van der Waals surface area (Å²) in [5.41, 5.74) is 6.10. The summed E-state index contributed by atoms with van der Waals surface area (Å²) in [7, 11) is 1.91. The van der Waals surface area contributed by atoms with Crippen LogP contribution in [0.1, 0.15) is 24.4 Å². The molecule has 19 heavy (non-hydrogen) atoms. The van der Waals surface area contributed by atoms with E-state index in [4.69, 9.17) is 10.5 Å². The number of ether oxygens (including phenoxy) is 1. The molecule has 1 aliphatic rings. The molecule has 1 saturated heterocycles. The van der Waals surface area contributed by atoms with E-state index in [2.05, 4.69) is 0 Å². The molecule has 0 aromatic heterocycles. The summed E-state index contributed by atoms with van der Waals surface area (Å²) >= 11 is 0. The van der Waals surface area contributed by atoms with Gasteiger partial charge in [0.25, 0.3) is 0 Å². The van der Waals surface area contributed by atoms with Crippen molar-refractivity contribution in [3.8, 4) is 0 Å². The Morgan fingerprint density at radius 1 is 1.37 bits per heavy atom. The van der Waals surface area contributed by atoms with Gasteiger partial charge in [-0.1, -0.05) is 12.1 Å². The predicted octanol–water partition coefficient (Wildman–Crippen LogP) is 2.08. The Morgan fingerprint density at radius 2 is 2.05 bits per heavy atom. The molecule has 1 aliphatic heterocycles. The number of likely N-dealkylation sites (N-methyl/N-ethyl adjacent to an activating group) is 1. The van der Waals surface area contributed by atoms with Crippen LogP contribution in [0.3, 0.4) is 0 Å². The molecule has 0 aliphatic carbocycles. The third kappa shape index (κ3) is 3.11. The average Bonchev–Trinajstić information content (AvgIpc) is 2.45. The minimum absolute atomic E-state index is 0.258. The number of hydrogen-bond acceptors (Lipinski definition) is 3. The lowest BCUT2D eigenvalue weighted by molar-refractivity contribution is 0.0288. The lowest BCUT2D eigenvalue weighted by Gasteiger charge is -2.37. The first-order valence-electron chi connectivity index (χ1n) is 6.58. The number of nitrogens with zero attached hydrogens (tertiary/aromatic N) is 1. The highest BCUT2D eigenvalue weighted by atomic mass is 19.2.